The molecular weight excluding hydrogens is 338 g/mol. The van der Waals surface area contributed by atoms with E-state index in [2.05, 4.69) is 13.0 Å². The number of aryl methyl sites for hydroxylation is 1. The number of unbranched alkanes of at least 4 members (excludes halogenated alkanes) is 2. The standard InChI is InChI=1S/C25H36F2/c1-2-3-4-5-19-8-13-22(14-9-19)23-15-10-20(11-16-23)6-7-21-12-17-24(26)25(27)18-21/h10,12,17-19,22-23H,2-9,11,13-16H2,1H3. The molecule has 27 heavy (non-hydrogen) atoms. The van der Waals surface area contributed by atoms with Crippen molar-refractivity contribution >= 4 is 0 Å². The first-order chi connectivity index (χ1) is 13.2. The quantitative estimate of drug-likeness (QED) is 0.319. The summed E-state index contributed by atoms with van der Waals surface area (Å²) in [7, 11) is 0. The number of allylic oxidation sites excluding steroid dienone is 2. The van der Waals surface area contributed by atoms with Crippen LogP contribution in [0.3, 0.4) is 0 Å². The fourth-order valence-electron chi connectivity index (χ4n) is 5.20. The van der Waals surface area contributed by atoms with E-state index in [1.54, 1.807) is 6.07 Å². The van der Waals surface area contributed by atoms with Gasteiger partial charge in [-0.1, -0.05) is 63.2 Å². The molecule has 3 rings (SSSR count). The van der Waals surface area contributed by atoms with Crippen LogP contribution in [0.15, 0.2) is 29.8 Å². The first-order valence-electron chi connectivity index (χ1n) is 11.3. The van der Waals surface area contributed by atoms with Crippen LogP contribution < -0.4 is 0 Å². The minimum absolute atomic E-state index is 0.726. The molecule has 0 amide bonds. The Morgan fingerprint density at radius 2 is 1.70 bits per heavy atom. The Labute approximate surface area is 164 Å². The number of rotatable bonds is 8. The normalized spacial score (nSPS) is 26.0. The molecule has 1 aromatic rings. The van der Waals surface area contributed by atoms with Crippen molar-refractivity contribution in [2.24, 2.45) is 17.8 Å². The molecule has 0 nitrogen and oxygen atoms in total. The van der Waals surface area contributed by atoms with Gasteiger partial charge in [-0.15, -0.1) is 0 Å². The SMILES string of the molecule is CCCCCC1CCC(C2CC=C(CCc3ccc(F)c(F)c3)CC2)CC1. The summed E-state index contributed by atoms with van der Waals surface area (Å²) in [6, 6.07) is 4.30. The minimum atomic E-state index is -0.751. The van der Waals surface area contributed by atoms with Gasteiger partial charge in [0.15, 0.2) is 11.6 Å². The van der Waals surface area contributed by atoms with Crippen molar-refractivity contribution in [1.82, 2.24) is 0 Å². The van der Waals surface area contributed by atoms with E-state index in [9.17, 15) is 8.78 Å². The zero-order chi connectivity index (χ0) is 19.1. The van der Waals surface area contributed by atoms with Crippen LogP contribution in [-0.4, -0.2) is 0 Å². The van der Waals surface area contributed by atoms with Crippen molar-refractivity contribution in [2.75, 3.05) is 0 Å². The molecule has 1 saturated carbocycles. The zero-order valence-electron chi connectivity index (χ0n) is 17.0. The average Bonchev–Trinajstić information content (AvgIpc) is 2.70. The van der Waals surface area contributed by atoms with Gasteiger partial charge in [0.2, 0.25) is 0 Å². The van der Waals surface area contributed by atoms with Crippen LogP contribution in [0.2, 0.25) is 0 Å². The molecule has 0 spiro atoms. The highest BCUT2D eigenvalue weighted by atomic mass is 19.2. The third-order valence-corrected chi connectivity index (χ3v) is 7.04. The summed E-state index contributed by atoms with van der Waals surface area (Å²) in [6.45, 7) is 2.29. The van der Waals surface area contributed by atoms with E-state index in [0.717, 1.165) is 36.2 Å². The van der Waals surface area contributed by atoms with Gasteiger partial charge in [-0.25, -0.2) is 8.78 Å². The molecule has 2 heteroatoms. The van der Waals surface area contributed by atoms with Gasteiger partial charge in [-0.2, -0.15) is 0 Å². The molecule has 1 aromatic carbocycles. The van der Waals surface area contributed by atoms with Crippen molar-refractivity contribution < 1.29 is 8.78 Å². The smallest absolute Gasteiger partial charge is 0.159 e. The molecular formula is C25H36F2. The zero-order valence-corrected chi connectivity index (χ0v) is 17.0. The summed E-state index contributed by atoms with van der Waals surface area (Å²) < 4.78 is 26.4. The van der Waals surface area contributed by atoms with E-state index >= 15 is 0 Å². The van der Waals surface area contributed by atoms with Crippen LogP contribution in [0.4, 0.5) is 8.78 Å². The van der Waals surface area contributed by atoms with Crippen LogP contribution in [0, 0.1) is 29.4 Å². The largest absolute Gasteiger partial charge is 0.204 e. The van der Waals surface area contributed by atoms with E-state index in [-0.39, 0.29) is 0 Å². The summed E-state index contributed by atoms with van der Waals surface area (Å²) in [4.78, 5) is 0. The lowest BCUT2D eigenvalue weighted by atomic mass is 9.70. The highest BCUT2D eigenvalue weighted by Crippen LogP contribution is 2.41. The van der Waals surface area contributed by atoms with Gasteiger partial charge in [-0.3, -0.25) is 0 Å². The van der Waals surface area contributed by atoms with E-state index in [1.165, 1.54) is 88.3 Å². The molecule has 2 aliphatic carbocycles. The number of halogens is 2. The minimum Gasteiger partial charge on any atom is -0.204 e. The van der Waals surface area contributed by atoms with Gasteiger partial charge < -0.3 is 0 Å². The third kappa shape index (κ3) is 6.16. The first kappa shape index (κ1) is 20.6. The molecule has 0 heterocycles. The Bertz CT molecular complexity index is 611. The van der Waals surface area contributed by atoms with Gasteiger partial charge in [0.25, 0.3) is 0 Å². The molecule has 1 fully saturated rings. The van der Waals surface area contributed by atoms with E-state index in [4.69, 9.17) is 0 Å². The molecule has 1 atom stereocenters. The Morgan fingerprint density at radius 1 is 0.889 bits per heavy atom. The Morgan fingerprint density at radius 3 is 2.37 bits per heavy atom. The third-order valence-electron chi connectivity index (χ3n) is 7.04. The Kier molecular flexibility index (Phi) is 7.91. The highest BCUT2D eigenvalue weighted by Gasteiger charge is 2.28. The van der Waals surface area contributed by atoms with Crippen molar-refractivity contribution in [2.45, 2.75) is 90.4 Å². The molecule has 0 saturated heterocycles. The lowest BCUT2D eigenvalue weighted by Gasteiger charge is -2.35. The lowest BCUT2D eigenvalue weighted by Crippen LogP contribution is -2.23. The van der Waals surface area contributed by atoms with Gasteiger partial charge in [0, 0.05) is 0 Å². The topological polar surface area (TPSA) is 0 Å². The fourth-order valence-corrected chi connectivity index (χ4v) is 5.20. The lowest BCUT2D eigenvalue weighted by molar-refractivity contribution is 0.185. The van der Waals surface area contributed by atoms with Crippen molar-refractivity contribution in [3.8, 4) is 0 Å². The second-order valence-corrected chi connectivity index (χ2v) is 8.92. The number of hydrogen-bond acceptors (Lipinski definition) is 0. The van der Waals surface area contributed by atoms with Crippen molar-refractivity contribution in [3.05, 3.63) is 47.0 Å². The summed E-state index contributed by atoms with van der Waals surface area (Å²) in [5.41, 5.74) is 2.42. The average molecular weight is 375 g/mol. The molecule has 0 bridgehead atoms. The Hall–Kier alpha value is -1.18. The first-order valence-corrected chi connectivity index (χ1v) is 11.3. The van der Waals surface area contributed by atoms with Crippen molar-refractivity contribution in [3.63, 3.8) is 0 Å². The summed E-state index contributed by atoms with van der Waals surface area (Å²) >= 11 is 0. The predicted octanol–water partition coefficient (Wildman–Crippen LogP) is 8.01. The summed E-state index contributed by atoms with van der Waals surface area (Å²) in [5, 5.41) is 0. The van der Waals surface area contributed by atoms with Gasteiger partial charge >= 0.3 is 0 Å². The summed E-state index contributed by atoms with van der Waals surface area (Å²) in [5.74, 6) is 1.35. The molecule has 0 aliphatic heterocycles. The molecule has 0 N–H and O–H groups in total. The Balaban J connectivity index is 1.39. The molecule has 0 radical (unpaired) electrons. The van der Waals surface area contributed by atoms with E-state index < -0.39 is 11.6 Å². The second-order valence-electron chi connectivity index (χ2n) is 8.92. The van der Waals surface area contributed by atoms with Crippen molar-refractivity contribution in [1.29, 1.82) is 0 Å². The molecule has 1 unspecified atom stereocenters. The van der Waals surface area contributed by atoms with Gasteiger partial charge in [0.1, 0.15) is 0 Å². The molecule has 0 aromatic heterocycles. The van der Waals surface area contributed by atoms with Crippen LogP contribution in [0.1, 0.15) is 89.5 Å². The number of hydrogen-bond donors (Lipinski definition) is 0. The van der Waals surface area contributed by atoms with E-state index in [0.29, 0.717) is 0 Å². The maximum absolute atomic E-state index is 13.3. The monoisotopic (exact) mass is 374 g/mol. The van der Waals surface area contributed by atoms with Gasteiger partial charge in [-0.05, 0) is 80.4 Å². The predicted molar refractivity (Wildman–Crippen MR) is 110 cm³/mol. The molecule has 2 aliphatic rings. The second kappa shape index (κ2) is 10.4. The maximum Gasteiger partial charge on any atom is 0.159 e. The van der Waals surface area contributed by atoms with E-state index in [1.807, 2.05) is 0 Å². The highest BCUT2D eigenvalue weighted by molar-refractivity contribution is 5.20. The molecule has 150 valence electrons. The maximum atomic E-state index is 13.3. The fraction of sp³-hybridized carbons (Fsp3) is 0.680. The number of benzene rings is 1. The summed E-state index contributed by atoms with van der Waals surface area (Å²) in [6.07, 6.45) is 19.5. The van der Waals surface area contributed by atoms with Crippen LogP contribution in [0.5, 0.6) is 0 Å². The van der Waals surface area contributed by atoms with Crippen LogP contribution >= 0.6 is 0 Å². The van der Waals surface area contributed by atoms with Crippen LogP contribution in [0.25, 0.3) is 0 Å². The van der Waals surface area contributed by atoms with Crippen LogP contribution in [-0.2, 0) is 6.42 Å². The van der Waals surface area contributed by atoms with Gasteiger partial charge in [0.05, 0.1) is 0 Å².